The van der Waals surface area contributed by atoms with Gasteiger partial charge in [-0.1, -0.05) is 12.1 Å². The number of carboxylic acid groups (broad SMARTS) is 1. The standard InChI is InChI=1S/C11H15NO2/c1-8(12)2-3-9-4-6-10(7-5-9)11(13)14/h4-8H,2-3,12H2,1H3,(H,13,14). The van der Waals surface area contributed by atoms with Crippen molar-refractivity contribution < 1.29 is 9.90 Å². The Labute approximate surface area is 83.6 Å². The fraction of sp³-hybridized carbons (Fsp3) is 0.364. The molecule has 1 atom stereocenters. The molecule has 0 fully saturated rings. The Morgan fingerprint density at radius 1 is 1.43 bits per heavy atom. The molecule has 0 aliphatic carbocycles. The minimum atomic E-state index is -0.885. The first-order chi connectivity index (χ1) is 6.59. The molecule has 0 amide bonds. The number of aryl methyl sites for hydroxylation is 1. The Kier molecular flexibility index (Phi) is 3.65. The third-order valence-electron chi connectivity index (χ3n) is 2.09. The van der Waals surface area contributed by atoms with E-state index in [1.807, 2.05) is 19.1 Å². The third kappa shape index (κ3) is 3.18. The summed E-state index contributed by atoms with van der Waals surface area (Å²) in [5.74, 6) is -0.885. The van der Waals surface area contributed by atoms with Gasteiger partial charge in [0.15, 0.2) is 0 Å². The lowest BCUT2D eigenvalue weighted by Crippen LogP contribution is -2.15. The van der Waals surface area contributed by atoms with Gasteiger partial charge >= 0.3 is 5.97 Å². The molecule has 0 aliphatic heterocycles. The highest BCUT2D eigenvalue weighted by molar-refractivity contribution is 5.87. The number of carbonyl (C=O) groups is 1. The number of benzene rings is 1. The second kappa shape index (κ2) is 4.77. The van der Waals surface area contributed by atoms with Crippen molar-refractivity contribution in [3.05, 3.63) is 35.4 Å². The van der Waals surface area contributed by atoms with Crippen LogP contribution in [0.4, 0.5) is 0 Å². The van der Waals surface area contributed by atoms with Gasteiger partial charge in [0.2, 0.25) is 0 Å². The molecule has 0 saturated carbocycles. The van der Waals surface area contributed by atoms with Gasteiger partial charge in [0.25, 0.3) is 0 Å². The fourth-order valence-electron chi connectivity index (χ4n) is 1.21. The molecular weight excluding hydrogens is 178 g/mol. The van der Waals surface area contributed by atoms with E-state index in [1.54, 1.807) is 12.1 Å². The van der Waals surface area contributed by atoms with Crippen LogP contribution in [0.1, 0.15) is 29.3 Å². The topological polar surface area (TPSA) is 63.3 Å². The number of rotatable bonds is 4. The summed E-state index contributed by atoms with van der Waals surface area (Å²) >= 11 is 0. The maximum absolute atomic E-state index is 10.6. The van der Waals surface area contributed by atoms with Crippen LogP contribution >= 0.6 is 0 Å². The van der Waals surface area contributed by atoms with E-state index >= 15 is 0 Å². The SMILES string of the molecule is CC(N)CCc1ccc(C(=O)O)cc1. The maximum atomic E-state index is 10.6. The summed E-state index contributed by atoms with van der Waals surface area (Å²) in [5, 5.41) is 8.67. The molecule has 0 spiro atoms. The number of nitrogens with two attached hydrogens (primary N) is 1. The minimum Gasteiger partial charge on any atom is -0.478 e. The molecule has 0 saturated heterocycles. The van der Waals surface area contributed by atoms with Crippen molar-refractivity contribution in [2.75, 3.05) is 0 Å². The lowest BCUT2D eigenvalue weighted by Gasteiger charge is -2.04. The van der Waals surface area contributed by atoms with Gasteiger partial charge in [-0.25, -0.2) is 4.79 Å². The molecule has 14 heavy (non-hydrogen) atoms. The Morgan fingerprint density at radius 2 is 2.00 bits per heavy atom. The van der Waals surface area contributed by atoms with Crippen molar-refractivity contribution in [2.45, 2.75) is 25.8 Å². The van der Waals surface area contributed by atoms with Gasteiger partial charge in [0, 0.05) is 6.04 Å². The second-order valence-corrected chi connectivity index (χ2v) is 3.52. The molecule has 0 heterocycles. The highest BCUT2D eigenvalue weighted by atomic mass is 16.4. The van der Waals surface area contributed by atoms with Crippen molar-refractivity contribution in [3.8, 4) is 0 Å². The average Bonchev–Trinajstić information content (AvgIpc) is 2.15. The van der Waals surface area contributed by atoms with E-state index in [0.29, 0.717) is 5.56 Å². The number of aromatic carboxylic acids is 1. The quantitative estimate of drug-likeness (QED) is 0.764. The summed E-state index contributed by atoms with van der Waals surface area (Å²) in [6.07, 6.45) is 1.82. The predicted octanol–water partition coefficient (Wildman–Crippen LogP) is 1.66. The van der Waals surface area contributed by atoms with Gasteiger partial charge in [-0.3, -0.25) is 0 Å². The molecular formula is C11H15NO2. The molecule has 3 nitrogen and oxygen atoms in total. The van der Waals surface area contributed by atoms with E-state index in [-0.39, 0.29) is 6.04 Å². The Hall–Kier alpha value is -1.35. The summed E-state index contributed by atoms with van der Waals surface area (Å²) in [6.45, 7) is 1.96. The van der Waals surface area contributed by atoms with Gasteiger partial charge in [0.05, 0.1) is 5.56 Å². The summed E-state index contributed by atoms with van der Waals surface area (Å²) in [7, 11) is 0. The monoisotopic (exact) mass is 193 g/mol. The zero-order valence-electron chi connectivity index (χ0n) is 8.23. The highest BCUT2D eigenvalue weighted by Crippen LogP contribution is 2.07. The van der Waals surface area contributed by atoms with Gasteiger partial charge in [-0.15, -0.1) is 0 Å². The van der Waals surface area contributed by atoms with E-state index in [0.717, 1.165) is 18.4 Å². The Morgan fingerprint density at radius 3 is 2.43 bits per heavy atom. The minimum absolute atomic E-state index is 0.189. The van der Waals surface area contributed by atoms with E-state index in [9.17, 15) is 4.79 Å². The van der Waals surface area contributed by atoms with Crippen LogP contribution in [0.5, 0.6) is 0 Å². The lowest BCUT2D eigenvalue weighted by atomic mass is 10.1. The molecule has 1 rings (SSSR count). The molecule has 0 aromatic heterocycles. The van der Waals surface area contributed by atoms with Crippen LogP contribution < -0.4 is 5.73 Å². The highest BCUT2D eigenvalue weighted by Gasteiger charge is 2.02. The van der Waals surface area contributed by atoms with Crippen LogP contribution in [0.2, 0.25) is 0 Å². The zero-order valence-corrected chi connectivity index (χ0v) is 8.23. The first-order valence-corrected chi connectivity index (χ1v) is 4.67. The molecule has 1 aromatic carbocycles. The van der Waals surface area contributed by atoms with Crippen LogP contribution in [-0.2, 0) is 6.42 Å². The summed E-state index contributed by atoms with van der Waals surface area (Å²) in [6, 6.07) is 7.11. The average molecular weight is 193 g/mol. The Bertz CT molecular complexity index is 304. The molecule has 76 valence electrons. The number of hydrogen-bond acceptors (Lipinski definition) is 2. The molecule has 3 N–H and O–H groups in total. The molecule has 0 aliphatic rings. The van der Waals surface area contributed by atoms with Crippen molar-refractivity contribution >= 4 is 5.97 Å². The van der Waals surface area contributed by atoms with E-state index in [4.69, 9.17) is 10.8 Å². The van der Waals surface area contributed by atoms with E-state index in [2.05, 4.69) is 0 Å². The summed E-state index contributed by atoms with van der Waals surface area (Å²) in [4.78, 5) is 10.6. The van der Waals surface area contributed by atoms with Crippen molar-refractivity contribution in [1.82, 2.24) is 0 Å². The van der Waals surface area contributed by atoms with Gasteiger partial charge in [0.1, 0.15) is 0 Å². The van der Waals surface area contributed by atoms with Gasteiger partial charge in [-0.2, -0.15) is 0 Å². The maximum Gasteiger partial charge on any atom is 0.335 e. The third-order valence-corrected chi connectivity index (χ3v) is 2.09. The number of carboxylic acids is 1. The Balaban J connectivity index is 2.60. The van der Waals surface area contributed by atoms with Crippen molar-refractivity contribution in [3.63, 3.8) is 0 Å². The van der Waals surface area contributed by atoms with Gasteiger partial charge < -0.3 is 10.8 Å². The second-order valence-electron chi connectivity index (χ2n) is 3.52. The van der Waals surface area contributed by atoms with Crippen LogP contribution in [-0.4, -0.2) is 17.1 Å². The molecule has 0 radical (unpaired) electrons. The lowest BCUT2D eigenvalue weighted by molar-refractivity contribution is 0.0697. The van der Waals surface area contributed by atoms with E-state index in [1.165, 1.54) is 0 Å². The molecule has 3 heteroatoms. The van der Waals surface area contributed by atoms with Crippen molar-refractivity contribution in [1.29, 1.82) is 0 Å². The summed E-state index contributed by atoms with van der Waals surface area (Å²) < 4.78 is 0. The largest absolute Gasteiger partial charge is 0.478 e. The van der Waals surface area contributed by atoms with E-state index < -0.39 is 5.97 Å². The van der Waals surface area contributed by atoms with Crippen LogP contribution in [0.3, 0.4) is 0 Å². The smallest absolute Gasteiger partial charge is 0.335 e. The fourth-order valence-corrected chi connectivity index (χ4v) is 1.21. The van der Waals surface area contributed by atoms with Crippen LogP contribution in [0.15, 0.2) is 24.3 Å². The van der Waals surface area contributed by atoms with Crippen LogP contribution in [0.25, 0.3) is 0 Å². The first-order valence-electron chi connectivity index (χ1n) is 4.67. The number of hydrogen-bond donors (Lipinski definition) is 2. The molecule has 0 bridgehead atoms. The van der Waals surface area contributed by atoms with Gasteiger partial charge in [-0.05, 0) is 37.5 Å². The summed E-state index contributed by atoms with van der Waals surface area (Å²) in [5.41, 5.74) is 7.08. The molecule has 1 unspecified atom stereocenters. The predicted molar refractivity (Wildman–Crippen MR) is 55.4 cm³/mol. The normalized spacial score (nSPS) is 12.4. The van der Waals surface area contributed by atoms with Crippen molar-refractivity contribution in [2.24, 2.45) is 5.73 Å². The zero-order chi connectivity index (χ0) is 10.6. The van der Waals surface area contributed by atoms with Crippen LogP contribution in [0, 0.1) is 0 Å². The molecule has 1 aromatic rings. The first kappa shape index (κ1) is 10.7.